The van der Waals surface area contributed by atoms with E-state index in [4.69, 9.17) is 10.5 Å². The molecule has 3 N–H and O–H groups in total. The van der Waals surface area contributed by atoms with E-state index in [0.29, 0.717) is 43.2 Å². The molecular weight excluding hydrogens is 506 g/mol. The number of hydrogen-bond acceptors (Lipinski definition) is 9. The number of hydrogen-bond donors (Lipinski definition) is 2. The number of anilines is 1. The summed E-state index contributed by atoms with van der Waals surface area (Å²) in [6.07, 6.45) is 10.6. The van der Waals surface area contributed by atoms with Crippen LogP contribution in [0.4, 0.5) is 5.82 Å². The lowest BCUT2D eigenvalue weighted by atomic mass is 10.00. The van der Waals surface area contributed by atoms with Crippen LogP contribution in [-0.2, 0) is 19.4 Å². The second-order valence-electron chi connectivity index (χ2n) is 9.84. The summed E-state index contributed by atoms with van der Waals surface area (Å²) in [4.78, 5) is 33.1. The van der Waals surface area contributed by atoms with E-state index >= 15 is 0 Å². The molecule has 4 aromatic rings. The molecule has 2 aromatic heterocycles. The highest BCUT2D eigenvalue weighted by molar-refractivity contribution is 5.97. The van der Waals surface area contributed by atoms with Crippen molar-refractivity contribution in [2.45, 2.75) is 25.5 Å². The average Bonchev–Trinajstić information content (AvgIpc) is 3.12. The maximum atomic E-state index is 13.3. The van der Waals surface area contributed by atoms with Crippen molar-refractivity contribution < 1.29 is 14.6 Å². The van der Waals surface area contributed by atoms with Gasteiger partial charge in [0, 0.05) is 63.6 Å². The van der Waals surface area contributed by atoms with Crippen LogP contribution in [0.2, 0.25) is 0 Å². The van der Waals surface area contributed by atoms with Crippen molar-refractivity contribution in [3.05, 3.63) is 108 Å². The molecule has 0 bridgehead atoms. The first-order valence-corrected chi connectivity index (χ1v) is 13.3. The zero-order valence-electron chi connectivity index (χ0n) is 22.3. The van der Waals surface area contributed by atoms with Gasteiger partial charge in [0.2, 0.25) is 0 Å². The largest absolute Gasteiger partial charge is 0.491 e. The first-order chi connectivity index (χ1) is 19.5. The van der Waals surface area contributed by atoms with E-state index in [1.54, 1.807) is 35.9 Å². The van der Waals surface area contributed by atoms with Gasteiger partial charge < -0.3 is 20.5 Å². The topological polar surface area (TPSA) is 131 Å². The van der Waals surface area contributed by atoms with E-state index in [0.717, 1.165) is 30.8 Å². The van der Waals surface area contributed by atoms with Crippen molar-refractivity contribution in [2.24, 2.45) is 0 Å². The lowest BCUT2D eigenvalue weighted by Crippen LogP contribution is -2.44. The predicted molar refractivity (Wildman–Crippen MR) is 151 cm³/mol. The number of ether oxygens (including phenoxy) is 1. The molecule has 2 aromatic carbocycles. The molecule has 1 atom stereocenters. The standard InChI is InChI=1S/C26H28N4O3.C4H5N3/c31-23(17-29-10-7-20-3-1-2-4-21(20)16-29)18-30-11-12-33-25-6-5-19(14-24(25)26(30)32)13-22-15-27-8-9-28-22;5-4-3-6-1-2-7-4/h1-6,8-9,14-15,23,31H,7,10-13,16-18H2;1-3H,(H2,5,7)/t23-;/m1./s1. The molecule has 0 saturated heterocycles. The second-order valence-corrected chi connectivity index (χ2v) is 9.84. The highest BCUT2D eigenvalue weighted by Crippen LogP contribution is 2.26. The second kappa shape index (κ2) is 13.1. The summed E-state index contributed by atoms with van der Waals surface area (Å²) in [7, 11) is 0. The Kier molecular flexibility index (Phi) is 8.89. The fourth-order valence-corrected chi connectivity index (χ4v) is 4.95. The van der Waals surface area contributed by atoms with E-state index in [9.17, 15) is 9.90 Å². The lowest BCUT2D eigenvalue weighted by Gasteiger charge is -2.32. The number of aliphatic hydroxyl groups is 1. The number of carbonyl (C=O) groups is 1. The molecule has 10 nitrogen and oxygen atoms in total. The molecule has 4 heterocycles. The number of nitrogens with zero attached hydrogens (tertiary/aromatic N) is 6. The van der Waals surface area contributed by atoms with Crippen LogP contribution in [0, 0.1) is 0 Å². The molecule has 206 valence electrons. The third-order valence-electron chi connectivity index (χ3n) is 6.88. The Morgan fingerprint density at radius 1 is 0.950 bits per heavy atom. The van der Waals surface area contributed by atoms with Gasteiger partial charge in [-0.1, -0.05) is 30.3 Å². The number of rotatable bonds is 6. The van der Waals surface area contributed by atoms with E-state index in [2.05, 4.69) is 49.1 Å². The summed E-state index contributed by atoms with van der Waals surface area (Å²) in [6, 6.07) is 14.1. The van der Waals surface area contributed by atoms with Gasteiger partial charge in [-0.25, -0.2) is 4.98 Å². The molecule has 0 fully saturated rings. The molecular formula is C30H33N7O3. The normalized spacial score (nSPS) is 15.5. The van der Waals surface area contributed by atoms with Crippen LogP contribution in [0.3, 0.4) is 0 Å². The Morgan fingerprint density at radius 2 is 1.75 bits per heavy atom. The quantitative estimate of drug-likeness (QED) is 0.379. The third kappa shape index (κ3) is 7.16. The fourth-order valence-electron chi connectivity index (χ4n) is 4.95. The fraction of sp³-hybridized carbons (Fsp3) is 0.300. The SMILES string of the molecule is Nc1cnccn1.O=C1c2cc(Cc3cnccn3)ccc2OCCN1C[C@H](O)CN1CCc2ccccc2C1. The molecule has 6 rings (SSSR count). The molecule has 0 radical (unpaired) electrons. The molecule has 0 spiro atoms. The summed E-state index contributed by atoms with van der Waals surface area (Å²) in [5.74, 6) is 0.946. The third-order valence-corrected chi connectivity index (χ3v) is 6.88. The smallest absolute Gasteiger partial charge is 0.257 e. The number of carbonyl (C=O) groups excluding carboxylic acids is 1. The Bertz CT molecular complexity index is 1410. The van der Waals surface area contributed by atoms with Crippen LogP contribution in [0.1, 0.15) is 32.7 Å². The Hall–Kier alpha value is -4.41. The van der Waals surface area contributed by atoms with E-state index in [1.807, 2.05) is 18.2 Å². The minimum atomic E-state index is -0.622. The van der Waals surface area contributed by atoms with Gasteiger partial charge in [0.25, 0.3) is 5.91 Å². The molecule has 1 amide bonds. The summed E-state index contributed by atoms with van der Waals surface area (Å²) in [5.41, 5.74) is 10.2. The molecule has 2 aliphatic rings. The van der Waals surface area contributed by atoms with Crippen LogP contribution in [0.15, 0.2) is 79.6 Å². The number of aromatic nitrogens is 4. The first-order valence-electron chi connectivity index (χ1n) is 13.3. The zero-order chi connectivity index (χ0) is 27.7. The average molecular weight is 540 g/mol. The number of fused-ring (bicyclic) bond motifs is 2. The lowest BCUT2D eigenvalue weighted by molar-refractivity contribution is 0.0501. The van der Waals surface area contributed by atoms with Crippen molar-refractivity contribution in [1.82, 2.24) is 29.7 Å². The molecule has 0 saturated carbocycles. The predicted octanol–water partition coefficient (Wildman–Crippen LogP) is 2.38. The Morgan fingerprint density at radius 3 is 2.48 bits per heavy atom. The van der Waals surface area contributed by atoms with Gasteiger partial charge in [-0.15, -0.1) is 0 Å². The summed E-state index contributed by atoms with van der Waals surface area (Å²) >= 11 is 0. The van der Waals surface area contributed by atoms with Gasteiger partial charge in [-0.2, -0.15) is 0 Å². The van der Waals surface area contributed by atoms with Crippen LogP contribution in [0.5, 0.6) is 5.75 Å². The van der Waals surface area contributed by atoms with Crippen molar-refractivity contribution in [3.8, 4) is 5.75 Å². The number of benzene rings is 2. The van der Waals surface area contributed by atoms with Gasteiger partial charge in [-0.05, 0) is 35.2 Å². The van der Waals surface area contributed by atoms with Crippen LogP contribution in [-0.4, -0.2) is 79.6 Å². The summed E-state index contributed by atoms with van der Waals surface area (Å²) in [5, 5.41) is 10.8. The van der Waals surface area contributed by atoms with E-state index in [-0.39, 0.29) is 12.5 Å². The Labute approximate surface area is 233 Å². The molecule has 2 aliphatic heterocycles. The van der Waals surface area contributed by atoms with E-state index in [1.165, 1.54) is 17.3 Å². The molecule has 0 aliphatic carbocycles. The molecule has 40 heavy (non-hydrogen) atoms. The number of aliphatic hydroxyl groups excluding tert-OH is 1. The minimum absolute atomic E-state index is 0.105. The van der Waals surface area contributed by atoms with Gasteiger partial charge in [0.1, 0.15) is 18.2 Å². The highest BCUT2D eigenvalue weighted by Gasteiger charge is 2.27. The van der Waals surface area contributed by atoms with Crippen molar-refractivity contribution >= 4 is 11.7 Å². The zero-order valence-corrected chi connectivity index (χ0v) is 22.3. The van der Waals surface area contributed by atoms with Crippen LogP contribution in [0.25, 0.3) is 0 Å². The number of amides is 1. The van der Waals surface area contributed by atoms with Crippen molar-refractivity contribution in [2.75, 3.05) is 38.5 Å². The van der Waals surface area contributed by atoms with Gasteiger partial charge in [0.15, 0.2) is 0 Å². The maximum absolute atomic E-state index is 13.3. The first kappa shape index (κ1) is 27.2. The molecule has 10 heteroatoms. The number of nitrogen functional groups attached to an aromatic ring is 1. The van der Waals surface area contributed by atoms with Crippen molar-refractivity contribution in [3.63, 3.8) is 0 Å². The van der Waals surface area contributed by atoms with Crippen molar-refractivity contribution in [1.29, 1.82) is 0 Å². The van der Waals surface area contributed by atoms with E-state index < -0.39 is 6.10 Å². The van der Waals surface area contributed by atoms with Crippen LogP contribution >= 0.6 is 0 Å². The highest BCUT2D eigenvalue weighted by atomic mass is 16.5. The summed E-state index contributed by atoms with van der Waals surface area (Å²) < 4.78 is 5.84. The number of β-amino-alcohol motifs (C(OH)–C–C–N with tert-alkyl or cyclic N) is 1. The minimum Gasteiger partial charge on any atom is -0.491 e. The summed E-state index contributed by atoms with van der Waals surface area (Å²) in [6.45, 7) is 3.43. The number of nitrogens with two attached hydrogens (primary N) is 1. The van der Waals surface area contributed by atoms with Gasteiger partial charge in [0.05, 0.1) is 30.1 Å². The molecule has 0 unspecified atom stereocenters. The maximum Gasteiger partial charge on any atom is 0.257 e. The van der Waals surface area contributed by atoms with Gasteiger partial charge in [-0.3, -0.25) is 24.6 Å². The van der Waals surface area contributed by atoms with Gasteiger partial charge >= 0.3 is 0 Å². The van der Waals surface area contributed by atoms with Crippen LogP contribution < -0.4 is 10.5 Å². The Balaban J connectivity index is 0.000000403. The monoisotopic (exact) mass is 539 g/mol.